The van der Waals surface area contributed by atoms with Crippen molar-refractivity contribution in [3.63, 3.8) is 0 Å². The first-order valence-electron chi connectivity index (χ1n) is 12.5. The molecular formula is C26H36N8O2S. The van der Waals surface area contributed by atoms with Gasteiger partial charge in [-0.2, -0.15) is 10.2 Å². The van der Waals surface area contributed by atoms with Crippen LogP contribution in [0.15, 0.2) is 49.1 Å². The van der Waals surface area contributed by atoms with Crippen LogP contribution in [0.2, 0.25) is 0 Å². The van der Waals surface area contributed by atoms with Gasteiger partial charge in [-0.1, -0.05) is 20.3 Å². The van der Waals surface area contributed by atoms with Crippen LogP contribution in [0.25, 0.3) is 16.7 Å². The van der Waals surface area contributed by atoms with Gasteiger partial charge in [-0.3, -0.25) is 9.58 Å². The van der Waals surface area contributed by atoms with Gasteiger partial charge in [0.25, 0.3) is 0 Å². The quantitative estimate of drug-likeness (QED) is 0.143. The number of methoxy groups -OCH3 is 1. The second-order valence-corrected chi connectivity index (χ2v) is 9.71. The Hall–Kier alpha value is -3.28. The number of ether oxygens (including phenoxy) is 1. The fourth-order valence-corrected chi connectivity index (χ4v) is 4.71. The van der Waals surface area contributed by atoms with Crippen LogP contribution in [0, 0.1) is 0 Å². The Labute approximate surface area is 222 Å². The molecule has 0 spiro atoms. The first-order valence-corrected chi connectivity index (χ1v) is 13.2. The highest BCUT2D eigenvalue weighted by Crippen LogP contribution is 2.34. The molecule has 0 amide bonds. The number of hydrogen-bond acceptors (Lipinski definition) is 9. The number of aromatic nitrogens is 5. The van der Waals surface area contributed by atoms with E-state index in [2.05, 4.69) is 58.4 Å². The summed E-state index contributed by atoms with van der Waals surface area (Å²) >= 11 is 1.15. The molecule has 37 heavy (non-hydrogen) atoms. The number of fused-ring (bicyclic) bond motifs is 1. The molecule has 0 saturated heterocycles. The number of rotatable bonds is 13. The van der Waals surface area contributed by atoms with E-state index < -0.39 is 0 Å². The molecule has 4 rings (SSSR count). The van der Waals surface area contributed by atoms with Gasteiger partial charge in [0.2, 0.25) is 0 Å². The van der Waals surface area contributed by atoms with E-state index in [0.29, 0.717) is 17.5 Å². The first kappa shape index (κ1) is 26.8. The third-order valence-electron chi connectivity index (χ3n) is 6.40. The van der Waals surface area contributed by atoms with Crippen LogP contribution in [-0.4, -0.2) is 61.1 Å². The molecule has 10 nitrogen and oxygen atoms in total. The summed E-state index contributed by atoms with van der Waals surface area (Å²) in [4.78, 5) is 7.02. The molecule has 1 atom stereocenters. The third kappa shape index (κ3) is 6.17. The third-order valence-corrected chi connectivity index (χ3v) is 6.98. The van der Waals surface area contributed by atoms with Crippen LogP contribution in [0.4, 0.5) is 5.69 Å². The Kier molecular flexibility index (Phi) is 8.91. The van der Waals surface area contributed by atoms with E-state index in [4.69, 9.17) is 8.92 Å². The van der Waals surface area contributed by atoms with E-state index >= 15 is 0 Å². The summed E-state index contributed by atoms with van der Waals surface area (Å²) in [6.07, 6.45) is 9.56. The van der Waals surface area contributed by atoms with Gasteiger partial charge in [0.05, 0.1) is 31.2 Å². The van der Waals surface area contributed by atoms with Crippen molar-refractivity contribution < 1.29 is 8.92 Å². The van der Waals surface area contributed by atoms with Gasteiger partial charge in [-0.05, 0) is 56.3 Å². The minimum absolute atomic E-state index is 0.306. The zero-order chi connectivity index (χ0) is 26.4. The van der Waals surface area contributed by atoms with Crippen LogP contribution >= 0.6 is 12.2 Å². The normalized spacial score (nSPS) is 12.4. The van der Waals surface area contributed by atoms with Crippen molar-refractivity contribution in [2.45, 2.75) is 39.7 Å². The van der Waals surface area contributed by atoms with E-state index in [0.717, 1.165) is 47.7 Å². The van der Waals surface area contributed by atoms with Gasteiger partial charge in [0.15, 0.2) is 23.8 Å². The Balaban J connectivity index is 1.41. The highest BCUT2D eigenvalue weighted by atomic mass is 32.2. The lowest BCUT2D eigenvalue weighted by atomic mass is 10.1. The van der Waals surface area contributed by atoms with E-state index in [1.165, 1.54) is 18.4 Å². The summed E-state index contributed by atoms with van der Waals surface area (Å²) < 4.78 is 16.8. The zero-order valence-electron chi connectivity index (χ0n) is 22.4. The van der Waals surface area contributed by atoms with E-state index in [1.807, 2.05) is 49.5 Å². The number of hydrazine groups is 1. The molecule has 0 saturated carbocycles. The van der Waals surface area contributed by atoms with Gasteiger partial charge >= 0.3 is 0 Å². The summed E-state index contributed by atoms with van der Waals surface area (Å²) in [6.45, 7) is 8.78. The summed E-state index contributed by atoms with van der Waals surface area (Å²) in [5.74, 6) is 2.09. The molecule has 11 heteroatoms. The van der Waals surface area contributed by atoms with Crippen molar-refractivity contribution in [2.75, 3.05) is 32.7 Å². The molecule has 0 radical (unpaired) electrons. The number of hydrogen-bond donors (Lipinski definition) is 1. The van der Waals surface area contributed by atoms with Gasteiger partial charge in [0, 0.05) is 31.7 Å². The maximum atomic E-state index is 5.91. The molecule has 1 aromatic carbocycles. The van der Waals surface area contributed by atoms with Crippen LogP contribution in [0.5, 0.6) is 11.5 Å². The van der Waals surface area contributed by atoms with Crippen LogP contribution < -0.4 is 14.3 Å². The fraction of sp³-hybridized carbons (Fsp3) is 0.423. The number of benzene rings is 1. The standard InChI is InChI=1S/C26H36N8O2S/c1-7-9-14-33(8-2)19(3)20-12-13-27-24(15-20)34-18-22(17-29-34)36-37-32(5)30-25-23(35-6)11-10-21-16-28-31(4)26(21)25/h10-13,15-19,30H,7-9,14H2,1-6H3. The predicted octanol–water partition coefficient (Wildman–Crippen LogP) is 5.25. The van der Waals surface area contributed by atoms with Gasteiger partial charge < -0.3 is 14.3 Å². The molecular weight excluding hydrogens is 488 g/mol. The summed E-state index contributed by atoms with van der Waals surface area (Å²) in [7, 11) is 5.42. The summed E-state index contributed by atoms with van der Waals surface area (Å²) in [5.41, 5.74) is 6.30. The Morgan fingerprint density at radius 2 is 2.00 bits per heavy atom. The zero-order valence-corrected chi connectivity index (χ0v) is 23.2. The lowest BCUT2D eigenvalue weighted by Gasteiger charge is -2.28. The van der Waals surface area contributed by atoms with Gasteiger partial charge in [-0.25, -0.2) is 9.67 Å². The maximum Gasteiger partial charge on any atom is 0.177 e. The summed E-state index contributed by atoms with van der Waals surface area (Å²) in [5, 5.41) is 9.84. The second kappa shape index (κ2) is 12.3. The number of pyridine rings is 1. The average Bonchev–Trinajstić information content (AvgIpc) is 3.55. The Morgan fingerprint density at radius 3 is 2.76 bits per heavy atom. The highest BCUT2D eigenvalue weighted by molar-refractivity contribution is 7.92. The average molecular weight is 525 g/mol. The Bertz CT molecular complexity index is 1310. The van der Waals surface area contributed by atoms with Crippen molar-refractivity contribution >= 4 is 28.8 Å². The molecule has 1 unspecified atom stereocenters. The lowest BCUT2D eigenvalue weighted by Crippen LogP contribution is -2.28. The Morgan fingerprint density at radius 1 is 1.16 bits per heavy atom. The van der Waals surface area contributed by atoms with E-state index in [1.54, 1.807) is 22.4 Å². The smallest absolute Gasteiger partial charge is 0.177 e. The van der Waals surface area contributed by atoms with Crippen LogP contribution in [0.1, 0.15) is 45.2 Å². The van der Waals surface area contributed by atoms with Crippen molar-refractivity contribution in [3.05, 3.63) is 54.6 Å². The fourth-order valence-electron chi connectivity index (χ4n) is 4.29. The highest BCUT2D eigenvalue weighted by Gasteiger charge is 2.17. The molecule has 0 aliphatic carbocycles. The molecule has 1 N–H and O–H groups in total. The monoisotopic (exact) mass is 524 g/mol. The number of aryl methyl sites for hydroxylation is 1. The largest absolute Gasteiger partial charge is 0.494 e. The van der Waals surface area contributed by atoms with Crippen molar-refractivity contribution in [2.24, 2.45) is 7.05 Å². The van der Waals surface area contributed by atoms with Gasteiger partial charge in [0.1, 0.15) is 11.4 Å². The molecule has 0 aliphatic heterocycles. The van der Waals surface area contributed by atoms with Crippen LogP contribution in [-0.2, 0) is 7.05 Å². The topological polar surface area (TPSA) is 85.5 Å². The molecule has 0 aliphatic rings. The van der Waals surface area contributed by atoms with Gasteiger partial charge in [-0.15, -0.1) is 4.41 Å². The minimum Gasteiger partial charge on any atom is -0.494 e. The summed E-state index contributed by atoms with van der Waals surface area (Å²) in [6, 6.07) is 8.38. The van der Waals surface area contributed by atoms with Crippen molar-refractivity contribution in [1.29, 1.82) is 0 Å². The lowest BCUT2D eigenvalue weighted by molar-refractivity contribution is 0.218. The predicted molar refractivity (Wildman–Crippen MR) is 149 cm³/mol. The van der Waals surface area contributed by atoms with E-state index in [9.17, 15) is 0 Å². The van der Waals surface area contributed by atoms with Crippen molar-refractivity contribution in [3.8, 4) is 17.3 Å². The number of nitrogens with zero attached hydrogens (tertiary/aromatic N) is 7. The molecule has 3 aromatic heterocycles. The molecule has 4 aromatic rings. The van der Waals surface area contributed by atoms with Crippen molar-refractivity contribution in [1.82, 2.24) is 33.9 Å². The molecule has 0 fully saturated rings. The minimum atomic E-state index is 0.306. The number of nitrogens with one attached hydrogen (secondary N) is 1. The molecule has 0 bridgehead atoms. The number of unbranched alkanes of at least 4 members (excludes halogenated alkanes) is 1. The molecule has 3 heterocycles. The second-order valence-electron chi connectivity index (χ2n) is 8.84. The van der Waals surface area contributed by atoms with Crippen LogP contribution in [0.3, 0.4) is 0 Å². The number of anilines is 1. The maximum absolute atomic E-state index is 5.91. The SMILES string of the molecule is CCCCN(CC)C(C)c1ccnc(-n2cc(OSN(C)Nc3c(OC)ccc4cnn(C)c34)cn2)c1. The van der Waals surface area contributed by atoms with E-state index in [-0.39, 0.29) is 0 Å². The molecule has 198 valence electrons. The first-order chi connectivity index (χ1) is 17.9.